The molecule has 0 aliphatic heterocycles. The number of hydrogen-bond acceptors (Lipinski definition) is 5. The van der Waals surface area contributed by atoms with Gasteiger partial charge in [0.1, 0.15) is 0 Å². The van der Waals surface area contributed by atoms with E-state index in [-0.39, 0.29) is 0 Å². The van der Waals surface area contributed by atoms with Crippen LogP contribution in [0.1, 0.15) is 34.1 Å². The average molecular weight is 257 g/mol. The Kier molecular flexibility index (Phi) is 9.58. The van der Waals surface area contributed by atoms with Gasteiger partial charge >= 0.3 is 7.32 Å². The fourth-order valence-corrected chi connectivity index (χ4v) is 0.668. The van der Waals surface area contributed by atoms with Crippen LogP contribution < -0.4 is 0 Å². The molecule has 0 aromatic carbocycles. The maximum Gasteiger partial charge on any atom is 0.631 e. The molecule has 0 saturated heterocycles. The summed E-state index contributed by atoms with van der Waals surface area (Å²) in [7, 11) is -2.17. The first-order chi connectivity index (χ1) is 7.04. The largest absolute Gasteiger partial charge is 0.631 e. The van der Waals surface area contributed by atoms with Crippen molar-refractivity contribution >= 4 is 18.9 Å². The van der Waals surface area contributed by atoms with Gasteiger partial charge in [0, 0.05) is 12.5 Å². The van der Waals surface area contributed by atoms with Crippen molar-refractivity contribution in [3.8, 4) is 0 Å². The summed E-state index contributed by atoms with van der Waals surface area (Å²) in [5.41, 5.74) is -1.33. The number of aliphatic hydroxyl groups is 1. The highest BCUT2D eigenvalue weighted by atomic mass is 35.5. The molecule has 0 unspecified atom stereocenters. The number of halogens is 1. The van der Waals surface area contributed by atoms with E-state index in [1.165, 1.54) is 0 Å². The van der Waals surface area contributed by atoms with Crippen LogP contribution in [0.4, 0.5) is 0 Å². The summed E-state index contributed by atoms with van der Waals surface area (Å²) in [5, 5.41) is 31.2. The molecule has 0 amide bonds. The molecular formula is C9H22BClO5. The van der Waals surface area contributed by atoms with Gasteiger partial charge in [-0.1, -0.05) is 0 Å². The monoisotopic (exact) mass is 256 g/mol. The van der Waals surface area contributed by atoms with Crippen molar-refractivity contribution in [2.45, 2.75) is 45.3 Å². The third-order valence-electron chi connectivity index (χ3n) is 2.21. The molecule has 0 aliphatic rings. The Hall–Kier alpha value is 0.155. The van der Waals surface area contributed by atoms with Gasteiger partial charge in [-0.2, -0.15) is 0 Å². The van der Waals surface area contributed by atoms with Crippen LogP contribution in [0.3, 0.4) is 0 Å². The van der Waals surface area contributed by atoms with Crippen molar-refractivity contribution in [1.82, 2.24) is 0 Å². The first kappa shape index (κ1) is 18.5. The summed E-state index contributed by atoms with van der Waals surface area (Å²) in [6.07, 6.45) is 0.821. The minimum atomic E-state index is -2.17. The van der Waals surface area contributed by atoms with Gasteiger partial charge < -0.3 is 24.9 Å². The lowest BCUT2D eigenvalue weighted by Crippen LogP contribution is -2.47. The minimum Gasteiger partial charge on any atom is -0.402 e. The first-order valence-electron chi connectivity index (χ1n) is 5.01. The normalized spacial score (nSPS) is 11.8. The van der Waals surface area contributed by atoms with Gasteiger partial charge in [-0.3, -0.25) is 0 Å². The molecule has 0 radical (unpaired) electrons. The zero-order valence-corrected chi connectivity index (χ0v) is 11.0. The lowest BCUT2D eigenvalue weighted by molar-refractivity contribution is -0.146. The summed E-state index contributed by atoms with van der Waals surface area (Å²) >= 11 is 5.50. The molecular weight excluding hydrogens is 234 g/mol. The highest BCUT2D eigenvalue weighted by Crippen LogP contribution is 2.24. The molecule has 0 saturated carbocycles. The molecule has 0 bridgehead atoms. The van der Waals surface area contributed by atoms with E-state index < -0.39 is 18.5 Å². The van der Waals surface area contributed by atoms with Gasteiger partial charge in [-0.25, -0.2) is 0 Å². The van der Waals surface area contributed by atoms with Crippen molar-refractivity contribution < 1.29 is 24.9 Å². The maximum absolute atomic E-state index is 9.69. The van der Waals surface area contributed by atoms with Crippen LogP contribution >= 0.6 is 11.6 Å². The molecule has 4 N–H and O–H groups in total. The summed E-state index contributed by atoms with van der Waals surface area (Å²) in [5.74, 6) is 0.599. The Bertz CT molecular complexity index is 167. The smallest absolute Gasteiger partial charge is 0.402 e. The first-order valence-corrected chi connectivity index (χ1v) is 5.54. The Balaban J connectivity index is 0. The van der Waals surface area contributed by atoms with Crippen molar-refractivity contribution in [3.63, 3.8) is 0 Å². The predicted octanol–water partition coefficient (Wildman–Crippen LogP) is 0.130. The van der Waals surface area contributed by atoms with Gasteiger partial charge in [0.25, 0.3) is 0 Å². The van der Waals surface area contributed by atoms with Crippen LogP contribution in [0.5, 0.6) is 0 Å². The van der Waals surface area contributed by atoms with Crippen LogP contribution in [0, 0.1) is 0 Å². The molecule has 0 heterocycles. The Morgan fingerprint density at radius 1 is 1.12 bits per heavy atom. The summed E-state index contributed by atoms with van der Waals surface area (Å²) in [4.78, 5) is 0. The van der Waals surface area contributed by atoms with Gasteiger partial charge in [-0.05, 0) is 34.1 Å². The molecule has 98 valence electrons. The predicted molar refractivity (Wildman–Crippen MR) is 64.1 cm³/mol. The fourth-order valence-electron chi connectivity index (χ4n) is 0.558. The van der Waals surface area contributed by atoms with Gasteiger partial charge in [-0.15, -0.1) is 11.6 Å². The summed E-state index contributed by atoms with van der Waals surface area (Å²) < 4.78 is 5.50. The van der Waals surface area contributed by atoms with Gasteiger partial charge in [0.2, 0.25) is 0 Å². The molecule has 0 fully saturated rings. The highest BCUT2D eigenvalue weighted by Gasteiger charge is 2.35. The second kappa shape index (κ2) is 8.28. The van der Waals surface area contributed by atoms with Gasteiger partial charge in [0.05, 0.1) is 11.2 Å². The SMILES string of the molecule is CC(C)(O)C(C)(C)OCCCCl.OB(O)O. The topological polar surface area (TPSA) is 90.2 Å². The standard InChI is InChI=1S/C9H19ClO2.BH3O3/c1-8(2,11)9(3,4)12-7-5-6-10;2-1(3)4/h11H,5-7H2,1-4H3;2-4H. The zero-order chi connectivity index (χ0) is 13.4. The average Bonchev–Trinajstić information content (AvgIpc) is 2.01. The van der Waals surface area contributed by atoms with E-state index in [0.717, 1.165) is 6.42 Å². The van der Waals surface area contributed by atoms with Crippen LogP contribution in [-0.4, -0.2) is 51.2 Å². The van der Waals surface area contributed by atoms with Crippen molar-refractivity contribution in [2.24, 2.45) is 0 Å². The molecule has 5 nitrogen and oxygen atoms in total. The van der Waals surface area contributed by atoms with E-state index in [4.69, 9.17) is 31.4 Å². The van der Waals surface area contributed by atoms with E-state index in [1.807, 2.05) is 13.8 Å². The molecule has 0 spiro atoms. The number of hydrogen-bond donors (Lipinski definition) is 4. The molecule has 0 aliphatic carbocycles. The maximum atomic E-state index is 9.69. The van der Waals surface area contributed by atoms with E-state index in [1.54, 1.807) is 13.8 Å². The Morgan fingerprint density at radius 2 is 1.50 bits per heavy atom. The van der Waals surface area contributed by atoms with E-state index >= 15 is 0 Å². The number of alkyl halides is 1. The molecule has 0 aromatic heterocycles. The molecule has 16 heavy (non-hydrogen) atoms. The van der Waals surface area contributed by atoms with Crippen molar-refractivity contribution in [1.29, 1.82) is 0 Å². The Labute approximate surface area is 102 Å². The molecule has 0 rings (SSSR count). The van der Waals surface area contributed by atoms with Crippen LogP contribution in [0.15, 0.2) is 0 Å². The number of ether oxygens (including phenoxy) is 1. The van der Waals surface area contributed by atoms with Crippen LogP contribution in [0.25, 0.3) is 0 Å². The summed E-state index contributed by atoms with van der Waals surface area (Å²) in [6, 6.07) is 0. The Morgan fingerprint density at radius 3 is 1.75 bits per heavy atom. The lowest BCUT2D eigenvalue weighted by atomic mass is 9.89. The highest BCUT2D eigenvalue weighted by molar-refractivity contribution is 6.30. The second-order valence-electron chi connectivity index (χ2n) is 4.31. The molecule has 0 atom stereocenters. The quantitative estimate of drug-likeness (QED) is 0.319. The van der Waals surface area contributed by atoms with Crippen molar-refractivity contribution in [2.75, 3.05) is 12.5 Å². The number of rotatable bonds is 5. The summed E-state index contributed by atoms with van der Waals surface area (Å²) in [6.45, 7) is 7.84. The van der Waals surface area contributed by atoms with Crippen LogP contribution in [-0.2, 0) is 4.74 Å². The van der Waals surface area contributed by atoms with Crippen LogP contribution in [0.2, 0.25) is 0 Å². The lowest BCUT2D eigenvalue weighted by Gasteiger charge is -2.37. The minimum absolute atomic E-state index is 0.515. The fraction of sp³-hybridized carbons (Fsp3) is 1.00. The van der Waals surface area contributed by atoms with Crippen molar-refractivity contribution in [3.05, 3.63) is 0 Å². The third kappa shape index (κ3) is 10.7. The van der Waals surface area contributed by atoms with E-state index in [0.29, 0.717) is 12.5 Å². The molecule has 0 aromatic rings. The second-order valence-corrected chi connectivity index (χ2v) is 4.68. The third-order valence-corrected chi connectivity index (χ3v) is 2.48. The van der Waals surface area contributed by atoms with E-state index in [2.05, 4.69) is 0 Å². The molecule has 7 heteroatoms. The van der Waals surface area contributed by atoms with E-state index in [9.17, 15) is 5.11 Å². The van der Waals surface area contributed by atoms with Gasteiger partial charge in [0.15, 0.2) is 0 Å². The zero-order valence-electron chi connectivity index (χ0n) is 10.3.